The maximum atomic E-state index is 12.3. The molecule has 1 heterocycles. The highest BCUT2D eigenvalue weighted by molar-refractivity contribution is 6.11. The quantitative estimate of drug-likeness (QED) is 0.903. The smallest absolute Gasteiger partial charge is 0.251 e. The maximum Gasteiger partial charge on any atom is 0.251 e. The van der Waals surface area contributed by atoms with Gasteiger partial charge >= 0.3 is 0 Å². The average molecular weight is 332 g/mol. The third-order valence-corrected chi connectivity index (χ3v) is 4.97. The van der Waals surface area contributed by atoms with Crippen LogP contribution in [0.25, 0.3) is 0 Å². The highest BCUT2D eigenvalue weighted by Crippen LogP contribution is 2.38. The largest absolute Gasteiger partial charge is 0.325 e. The fraction of sp³-hybridized carbons (Fsp3) is 0.286. The highest BCUT2D eigenvalue weighted by atomic mass is 16.2. The molecule has 0 bridgehead atoms. The van der Waals surface area contributed by atoms with Crippen LogP contribution in [0.15, 0.2) is 70.4 Å². The predicted molar refractivity (Wildman–Crippen MR) is 96.9 cm³/mol. The highest BCUT2D eigenvalue weighted by Gasteiger charge is 2.32. The Morgan fingerprint density at radius 1 is 1.16 bits per heavy atom. The van der Waals surface area contributed by atoms with Gasteiger partial charge in [0.25, 0.3) is 11.8 Å². The number of carbonyl (C=O) groups excluding carboxylic acids is 2. The minimum atomic E-state index is -0.180. The van der Waals surface area contributed by atoms with Gasteiger partial charge in [-0.1, -0.05) is 36.4 Å². The Morgan fingerprint density at radius 2 is 1.96 bits per heavy atom. The van der Waals surface area contributed by atoms with Crippen LogP contribution < -0.4 is 5.32 Å². The second-order valence-electron chi connectivity index (χ2n) is 6.69. The Kier molecular flexibility index (Phi) is 4.18. The topological polar surface area (TPSA) is 58.5 Å². The van der Waals surface area contributed by atoms with Gasteiger partial charge in [-0.15, -0.1) is 0 Å². The van der Waals surface area contributed by atoms with Crippen molar-refractivity contribution in [2.45, 2.75) is 32.1 Å². The summed E-state index contributed by atoms with van der Waals surface area (Å²) < 4.78 is 0. The van der Waals surface area contributed by atoms with Gasteiger partial charge in [0.15, 0.2) is 0 Å². The van der Waals surface area contributed by atoms with E-state index in [-0.39, 0.29) is 24.2 Å². The third-order valence-electron chi connectivity index (χ3n) is 4.97. The van der Waals surface area contributed by atoms with E-state index in [2.05, 4.69) is 16.4 Å². The van der Waals surface area contributed by atoms with Crippen molar-refractivity contribution in [2.75, 3.05) is 0 Å². The van der Waals surface area contributed by atoms with E-state index in [1.807, 2.05) is 42.5 Å². The summed E-state index contributed by atoms with van der Waals surface area (Å²) >= 11 is 0. The first-order valence-corrected chi connectivity index (χ1v) is 8.79. The molecule has 1 N–H and O–H groups in total. The van der Waals surface area contributed by atoms with Crippen LogP contribution in [0.5, 0.6) is 0 Å². The number of carbonyl (C=O) groups is 2. The predicted octanol–water partition coefficient (Wildman–Crippen LogP) is 3.27. The molecule has 4 rings (SSSR count). The van der Waals surface area contributed by atoms with E-state index in [9.17, 15) is 9.59 Å². The van der Waals surface area contributed by atoms with Crippen molar-refractivity contribution >= 4 is 17.5 Å². The molecule has 1 atom stereocenters. The monoisotopic (exact) mass is 332 g/mol. The number of nitrogens with zero attached hydrogens (tertiary/aromatic N) is 1. The second kappa shape index (κ2) is 6.63. The lowest BCUT2D eigenvalue weighted by Gasteiger charge is -2.33. The number of aliphatic imine (C=N–C) groups is 1. The summed E-state index contributed by atoms with van der Waals surface area (Å²) in [4.78, 5) is 28.7. The van der Waals surface area contributed by atoms with E-state index in [4.69, 9.17) is 0 Å². The molecule has 2 amide bonds. The van der Waals surface area contributed by atoms with Crippen molar-refractivity contribution in [2.24, 2.45) is 10.9 Å². The van der Waals surface area contributed by atoms with Crippen LogP contribution in [0.4, 0.5) is 0 Å². The molecule has 4 heteroatoms. The van der Waals surface area contributed by atoms with Crippen LogP contribution in [0.2, 0.25) is 0 Å². The standard InChI is InChI=1S/C21H20N2O2/c24-20(12-14-6-2-1-3-7-14)22-15-10-11-17-16-8-4-5-9-18(16)21(25)23-19(17)13-15/h1-3,6-7,10-11,13,17H,4-5,8-9,12H2,(H,23,25). The summed E-state index contributed by atoms with van der Waals surface area (Å²) in [5.74, 6) is -0.0282. The van der Waals surface area contributed by atoms with E-state index >= 15 is 0 Å². The number of hydrogen-bond donors (Lipinski definition) is 1. The van der Waals surface area contributed by atoms with Crippen LogP contribution in [0.1, 0.15) is 31.2 Å². The number of fused-ring (bicyclic) bond motifs is 2. The van der Waals surface area contributed by atoms with Crippen LogP contribution >= 0.6 is 0 Å². The molecule has 0 spiro atoms. The number of rotatable bonds is 2. The van der Waals surface area contributed by atoms with Crippen molar-refractivity contribution in [3.63, 3.8) is 0 Å². The molecular formula is C21H20N2O2. The molecule has 2 aliphatic carbocycles. The van der Waals surface area contributed by atoms with Gasteiger partial charge in [-0.05, 0) is 49.0 Å². The zero-order chi connectivity index (χ0) is 17.2. The first-order chi connectivity index (χ1) is 12.2. The zero-order valence-corrected chi connectivity index (χ0v) is 14.0. The molecule has 1 aromatic rings. The molecule has 0 fully saturated rings. The molecule has 1 unspecified atom stereocenters. The minimum absolute atomic E-state index is 0.0162. The summed E-state index contributed by atoms with van der Waals surface area (Å²) in [7, 11) is 0. The lowest BCUT2D eigenvalue weighted by atomic mass is 9.77. The first kappa shape index (κ1) is 15.8. The van der Waals surface area contributed by atoms with Gasteiger partial charge < -0.3 is 5.32 Å². The van der Waals surface area contributed by atoms with E-state index in [1.165, 1.54) is 5.57 Å². The summed E-state index contributed by atoms with van der Waals surface area (Å²) in [6.07, 6.45) is 10.2. The Hall–Kier alpha value is -2.75. The van der Waals surface area contributed by atoms with Gasteiger partial charge in [0, 0.05) is 17.2 Å². The van der Waals surface area contributed by atoms with Gasteiger partial charge in [0.05, 0.1) is 12.1 Å². The van der Waals surface area contributed by atoms with Crippen LogP contribution in [-0.4, -0.2) is 17.5 Å². The molecule has 25 heavy (non-hydrogen) atoms. The molecule has 0 radical (unpaired) electrons. The van der Waals surface area contributed by atoms with Gasteiger partial charge in [-0.3, -0.25) is 9.59 Å². The lowest BCUT2D eigenvalue weighted by molar-refractivity contribution is -0.118. The summed E-state index contributed by atoms with van der Waals surface area (Å²) in [6.45, 7) is 0. The van der Waals surface area contributed by atoms with Gasteiger partial charge in [-0.25, -0.2) is 4.99 Å². The first-order valence-electron chi connectivity index (χ1n) is 8.79. The average Bonchev–Trinajstić information content (AvgIpc) is 2.62. The van der Waals surface area contributed by atoms with Crippen molar-refractivity contribution < 1.29 is 9.59 Å². The van der Waals surface area contributed by atoms with E-state index in [0.717, 1.165) is 42.5 Å². The van der Waals surface area contributed by atoms with Crippen molar-refractivity contribution in [3.8, 4) is 0 Å². The Morgan fingerprint density at radius 3 is 2.80 bits per heavy atom. The van der Waals surface area contributed by atoms with Crippen molar-refractivity contribution in [3.05, 3.63) is 71.0 Å². The second-order valence-corrected chi connectivity index (χ2v) is 6.69. The normalized spacial score (nSPS) is 23.7. The number of hydrogen-bond acceptors (Lipinski definition) is 2. The van der Waals surface area contributed by atoms with Crippen LogP contribution in [-0.2, 0) is 16.0 Å². The molecular weight excluding hydrogens is 312 g/mol. The summed E-state index contributed by atoms with van der Waals surface area (Å²) in [5, 5.41) is 2.99. The van der Waals surface area contributed by atoms with Crippen LogP contribution in [0, 0.1) is 5.92 Å². The fourth-order valence-corrected chi connectivity index (χ4v) is 3.77. The molecule has 4 nitrogen and oxygen atoms in total. The Bertz CT molecular complexity index is 844. The van der Waals surface area contributed by atoms with E-state index < -0.39 is 0 Å². The molecule has 0 aromatic heterocycles. The molecule has 126 valence electrons. The Balaban J connectivity index is 1.55. The summed E-state index contributed by atoms with van der Waals surface area (Å²) in [6, 6.07) is 9.59. The zero-order valence-electron chi connectivity index (χ0n) is 14.0. The molecule has 3 aliphatic rings. The molecule has 1 aliphatic heterocycles. The van der Waals surface area contributed by atoms with E-state index in [1.54, 1.807) is 0 Å². The van der Waals surface area contributed by atoms with Gasteiger partial charge in [0.1, 0.15) is 0 Å². The molecule has 0 saturated heterocycles. The maximum absolute atomic E-state index is 12.3. The van der Waals surface area contributed by atoms with Crippen molar-refractivity contribution in [1.29, 1.82) is 0 Å². The number of nitrogens with one attached hydrogen (secondary N) is 1. The van der Waals surface area contributed by atoms with Gasteiger partial charge in [0.2, 0.25) is 0 Å². The summed E-state index contributed by atoms with van der Waals surface area (Å²) in [5.41, 5.74) is 4.60. The molecule has 0 saturated carbocycles. The minimum Gasteiger partial charge on any atom is -0.325 e. The fourth-order valence-electron chi connectivity index (χ4n) is 3.77. The van der Waals surface area contributed by atoms with Crippen LogP contribution in [0.3, 0.4) is 0 Å². The van der Waals surface area contributed by atoms with Crippen molar-refractivity contribution in [1.82, 2.24) is 5.32 Å². The SMILES string of the molecule is O=C(Cc1ccccc1)N=C1C=CC2C(=C1)NC(=O)C1=C2CCCC1. The number of benzene rings is 1. The van der Waals surface area contributed by atoms with E-state index in [0.29, 0.717) is 5.71 Å². The van der Waals surface area contributed by atoms with Gasteiger partial charge in [-0.2, -0.15) is 0 Å². The third kappa shape index (κ3) is 3.25. The number of allylic oxidation sites excluding steroid dienone is 3. The molecule has 1 aromatic carbocycles. The lowest BCUT2D eigenvalue weighted by Crippen LogP contribution is -2.37. The Labute approximate surface area is 147 Å². The number of amides is 2.